The minimum Gasteiger partial charge on any atom is -0.383 e. The standard InChI is InChI=1S/C12H17N3O4/c1-8-4-5-10(15(17)18)6-11(8)14-12(16)13-9(2)7-19-3/h4-6,9H,7H2,1-3H3,(H2,13,14,16)/t9-/m1/s1. The van der Waals surface area contributed by atoms with Crippen LogP contribution in [0.4, 0.5) is 16.2 Å². The molecular weight excluding hydrogens is 250 g/mol. The van der Waals surface area contributed by atoms with Crippen LogP contribution in [0, 0.1) is 17.0 Å². The zero-order valence-electron chi connectivity index (χ0n) is 11.1. The van der Waals surface area contributed by atoms with Gasteiger partial charge in [0.2, 0.25) is 0 Å². The molecule has 104 valence electrons. The summed E-state index contributed by atoms with van der Waals surface area (Å²) in [5.41, 5.74) is 1.10. The molecule has 2 amide bonds. The van der Waals surface area contributed by atoms with Gasteiger partial charge in [-0.2, -0.15) is 0 Å². The van der Waals surface area contributed by atoms with E-state index in [9.17, 15) is 14.9 Å². The zero-order valence-corrected chi connectivity index (χ0v) is 11.1. The zero-order chi connectivity index (χ0) is 14.4. The lowest BCUT2D eigenvalue weighted by Crippen LogP contribution is -2.38. The number of nitro benzene ring substituents is 1. The van der Waals surface area contributed by atoms with E-state index >= 15 is 0 Å². The Labute approximate surface area is 111 Å². The van der Waals surface area contributed by atoms with Gasteiger partial charge in [-0.25, -0.2) is 4.79 Å². The molecule has 0 aliphatic carbocycles. The lowest BCUT2D eigenvalue weighted by Gasteiger charge is -2.14. The Morgan fingerprint density at radius 1 is 1.53 bits per heavy atom. The third kappa shape index (κ3) is 4.55. The maximum atomic E-state index is 11.7. The molecule has 0 aliphatic rings. The number of nitrogens with zero attached hydrogens (tertiary/aromatic N) is 1. The summed E-state index contributed by atoms with van der Waals surface area (Å²) in [5.74, 6) is 0. The monoisotopic (exact) mass is 267 g/mol. The molecule has 0 saturated heterocycles. The van der Waals surface area contributed by atoms with Crippen LogP contribution in [0.15, 0.2) is 18.2 Å². The van der Waals surface area contributed by atoms with Crippen LogP contribution < -0.4 is 10.6 Å². The van der Waals surface area contributed by atoms with Crippen LogP contribution in [0.5, 0.6) is 0 Å². The third-order valence-electron chi connectivity index (χ3n) is 2.47. The first kappa shape index (κ1) is 14.9. The summed E-state index contributed by atoms with van der Waals surface area (Å²) in [6, 6.07) is 3.74. The normalized spacial score (nSPS) is 11.7. The molecule has 7 nitrogen and oxygen atoms in total. The van der Waals surface area contributed by atoms with Crippen molar-refractivity contribution in [1.82, 2.24) is 5.32 Å². The highest BCUT2D eigenvalue weighted by atomic mass is 16.6. The first-order valence-electron chi connectivity index (χ1n) is 5.75. The van der Waals surface area contributed by atoms with Crippen molar-refractivity contribution < 1.29 is 14.5 Å². The fourth-order valence-corrected chi connectivity index (χ4v) is 1.53. The minimum absolute atomic E-state index is 0.0640. The van der Waals surface area contributed by atoms with Crippen molar-refractivity contribution >= 4 is 17.4 Å². The van der Waals surface area contributed by atoms with Gasteiger partial charge < -0.3 is 15.4 Å². The number of nitrogens with one attached hydrogen (secondary N) is 2. The van der Waals surface area contributed by atoms with Crippen LogP contribution in [0.3, 0.4) is 0 Å². The molecule has 0 aromatic heterocycles. The average molecular weight is 267 g/mol. The minimum atomic E-state index is -0.504. The Balaban J connectivity index is 2.73. The van der Waals surface area contributed by atoms with Gasteiger partial charge in [0.1, 0.15) is 0 Å². The number of rotatable bonds is 5. The average Bonchev–Trinajstić information content (AvgIpc) is 2.31. The van der Waals surface area contributed by atoms with Gasteiger partial charge in [0.15, 0.2) is 0 Å². The lowest BCUT2D eigenvalue weighted by molar-refractivity contribution is -0.384. The Morgan fingerprint density at radius 2 is 2.21 bits per heavy atom. The lowest BCUT2D eigenvalue weighted by atomic mass is 10.2. The van der Waals surface area contributed by atoms with Crippen LogP contribution in [-0.2, 0) is 4.74 Å². The summed E-state index contributed by atoms with van der Waals surface area (Å²) in [6.07, 6.45) is 0. The van der Waals surface area contributed by atoms with E-state index in [1.807, 2.05) is 0 Å². The van der Waals surface area contributed by atoms with E-state index in [0.29, 0.717) is 12.3 Å². The molecule has 0 radical (unpaired) electrons. The molecule has 0 saturated carbocycles. The van der Waals surface area contributed by atoms with Crippen molar-refractivity contribution in [3.63, 3.8) is 0 Å². The Hall–Kier alpha value is -2.15. The highest BCUT2D eigenvalue weighted by Gasteiger charge is 2.12. The SMILES string of the molecule is COC[C@@H](C)NC(=O)Nc1cc([N+](=O)[O-])ccc1C. The number of nitro groups is 1. The number of hydrogen-bond donors (Lipinski definition) is 2. The largest absolute Gasteiger partial charge is 0.383 e. The van der Waals surface area contributed by atoms with Gasteiger partial charge in [0, 0.05) is 19.2 Å². The number of carbonyl (C=O) groups is 1. The van der Waals surface area contributed by atoms with Gasteiger partial charge in [-0.3, -0.25) is 10.1 Å². The number of non-ortho nitro benzene ring substituents is 1. The van der Waals surface area contributed by atoms with Crippen molar-refractivity contribution in [2.45, 2.75) is 19.9 Å². The second-order valence-corrected chi connectivity index (χ2v) is 4.21. The van der Waals surface area contributed by atoms with Gasteiger partial charge in [0.25, 0.3) is 5.69 Å². The number of amides is 2. The van der Waals surface area contributed by atoms with Crippen molar-refractivity contribution in [3.8, 4) is 0 Å². The Kier molecular flexibility index (Phi) is 5.25. The van der Waals surface area contributed by atoms with E-state index in [4.69, 9.17) is 4.74 Å². The predicted molar refractivity (Wildman–Crippen MR) is 71.3 cm³/mol. The number of benzene rings is 1. The maximum absolute atomic E-state index is 11.7. The van der Waals surface area contributed by atoms with Crippen molar-refractivity contribution in [2.24, 2.45) is 0 Å². The summed E-state index contributed by atoms with van der Waals surface area (Å²) in [6.45, 7) is 3.95. The first-order chi connectivity index (χ1) is 8.93. The summed E-state index contributed by atoms with van der Waals surface area (Å²) in [7, 11) is 1.54. The molecule has 0 aliphatic heterocycles. The van der Waals surface area contributed by atoms with Crippen LogP contribution in [0.25, 0.3) is 0 Å². The van der Waals surface area contributed by atoms with E-state index in [-0.39, 0.29) is 11.7 Å². The molecule has 1 rings (SSSR count). The van der Waals surface area contributed by atoms with Gasteiger partial charge in [0.05, 0.1) is 23.3 Å². The highest BCUT2D eigenvalue weighted by Crippen LogP contribution is 2.21. The highest BCUT2D eigenvalue weighted by molar-refractivity contribution is 5.90. The van der Waals surface area contributed by atoms with Crippen LogP contribution in [-0.4, -0.2) is 30.7 Å². The number of hydrogen-bond acceptors (Lipinski definition) is 4. The molecular formula is C12H17N3O4. The van der Waals surface area contributed by atoms with Crippen molar-refractivity contribution in [3.05, 3.63) is 33.9 Å². The summed E-state index contributed by atoms with van der Waals surface area (Å²) in [4.78, 5) is 21.9. The third-order valence-corrected chi connectivity index (χ3v) is 2.47. The fraction of sp³-hybridized carbons (Fsp3) is 0.417. The number of carbonyl (C=O) groups excluding carboxylic acids is 1. The predicted octanol–water partition coefficient (Wildman–Crippen LogP) is 2.06. The van der Waals surface area contributed by atoms with Crippen molar-refractivity contribution in [1.29, 1.82) is 0 Å². The molecule has 7 heteroatoms. The van der Waals surface area contributed by atoms with Gasteiger partial charge in [-0.15, -0.1) is 0 Å². The molecule has 0 spiro atoms. The molecule has 0 fully saturated rings. The molecule has 0 heterocycles. The fourth-order valence-electron chi connectivity index (χ4n) is 1.53. The Morgan fingerprint density at radius 3 is 2.79 bits per heavy atom. The summed E-state index contributed by atoms with van der Waals surface area (Å²) in [5, 5.41) is 15.9. The maximum Gasteiger partial charge on any atom is 0.319 e. The molecule has 2 N–H and O–H groups in total. The Bertz CT molecular complexity index is 476. The first-order valence-corrected chi connectivity index (χ1v) is 5.75. The second kappa shape index (κ2) is 6.69. The smallest absolute Gasteiger partial charge is 0.319 e. The topological polar surface area (TPSA) is 93.5 Å². The van der Waals surface area contributed by atoms with E-state index in [1.54, 1.807) is 27.0 Å². The molecule has 0 bridgehead atoms. The number of urea groups is 1. The molecule has 1 aromatic rings. The second-order valence-electron chi connectivity index (χ2n) is 4.21. The summed E-state index contributed by atoms with van der Waals surface area (Å²) >= 11 is 0. The number of aryl methyl sites for hydroxylation is 1. The van der Waals surface area contributed by atoms with E-state index in [2.05, 4.69) is 10.6 Å². The number of methoxy groups -OCH3 is 1. The van der Waals surface area contributed by atoms with E-state index < -0.39 is 11.0 Å². The van der Waals surface area contributed by atoms with Crippen molar-refractivity contribution in [2.75, 3.05) is 19.0 Å². The van der Waals surface area contributed by atoms with Crippen LogP contribution in [0.1, 0.15) is 12.5 Å². The molecule has 1 aromatic carbocycles. The molecule has 0 unspecified atom stereocenters. The van der Waals surface area contributed by atoms with E-state index in [0.717, 1.165) is 5.56 Å². The molecule has 19 heavy (non-hydrogen) atoms. The number of anilines is 1. The quantitative estimate of drug-likeness (QED) is 0.630. The van der Waals surface area contributed by atoms with Gasteiger partial charge >= 0.3 is 6.03 Å². The summed E-state index contributed by atoms with van der Waals surface area (Å²) < 4.78 is 4.90. The molecule has 1 atom stereocenters. The van der Waals surface area contributed by atoms with E-state index in [1.165, 1.54) is 12.1 Å². The number of ether oxygens (including phenoxy) is 1. The van der Waals surface area contributed by atoms with Crippen LogP contribution >= 0.6 is 0 Å². The van der Waals surface area contributed by atoms with Gasteiger partial charge in [-0.1, -0.05) is 6.07 Å². The van der Waals surface area contributed by atoms with Crippen LogP contribution in [0.2, 0.25) is 0 Å². The van der Waals surface area contributed by atoms with Gasteiger partial charge in [-0.05, 0) is 19.4 Å².